The van der Waals surface area contributed by atoms with Crippen LogP contribution in [0.5, 0.6) is 0 Å². The van der Waals surface area contributed by atoms with Crippen molar-refractivity contribution in [3.63, 3.8) is 0 Å². The van der Waals surface area contributed by atoms with Gasteiger partial charge in [-0.2, -0.15) is 5.06 Å². The molecule has 84 valence electrons. The molecule has 1 aliphatic carbocycles. The predicted molar refractivity (Wildman–Crippen MR) is 53.9 cm³/mol. The van der Waals surface area contributed by atoms with Gasteiger partial charge in [0.1, 0.15) is 17.8 Å². The van der Waals surface area contributed by atoms with Crippen molar-refractivity contribution in [3.05, 3.63) is 12.2 Å². The lowest BCUT2D eigenvalue weighted by atomic mass is 9.75. The van der Waals surface area contributed by atoms with Crippen LogP contribution in [-0.2, 0) is 4.84 Å². The van der Waals surface area contributed by atoms with E-state index in [0.717, 1.165) is 25.8 Å². The van der Waals surface area contributed by atoms with E-state index in [2.05, 4.69) is 0 Å². The van der Waals surface area contributed by atoms with Crippen LogP contribution in [0, 0.1) is 0 Å². The highest BCUT2D eigenvalue weighted by atomic mass is 16.7. The minimum Gasteiger partial charge on any atom is -0.386 e. The molecule has 3 aliphatic rings. The van der Waals surface area contributed by atoms with Crippen LogP contribution in [0.2, 0.25) is 0 Å². The van der Waals surface area contributed by atoms with Crippen molar-refractivity contribution >= 4 is 0 Å². The van der Waals surface area contributed by atoms with Crippen molar-refractivity contribution in [1.82, 2.24) is 5.06 Å². The van der Waals surface area contributed by atoms with E-state index in [-0.39, 0.29) is 12.1 Å². The van der Waals surface area contributed by atoms with Crippen molar-refractivity contribution in [3.8, 4) is 0 Å². The minimum absolute atomic E-state index is 0.0394. The van der Waals surface area contributed by atoms with Crippen LogP contribution >= 0.6 is 0 Å². The molecule has 0 amide bonds. The standard InChI is InChI=1S/C11H17NO3/c13-10-5-4-8-7-11(10,14)9-3-1-2-6-12(9)15-8/h4-5,8-10,13-14H,1-3,6-7H2/t8-,9+,10-,11-/m0/s1. The fraction of sp³-hybridized carbons (Fsp3) is 0.818. The number of aliphatic hydroxyl groups excluding tert-OH is 1. The number of hydrogen-bond donors (Lipinski definition) is 2. The largest absolute Gasteiger partial charge is 0.386 e. The van der Waals surface area contributed by atoms with Crippen molar-refractivity contribution in [2.45, 2.75) is 49.5 Å². The Morgan fingerprint density at radius 3 is 3.07 bits per heavy atom. The Balaban J connectivity index is 1.94. The molecule has 2 bridgehead atoms. The van der Waals surface area contributed by atoms with Gasteiger partial charge in [-0.3, -0.25) is 4.84 Å². The summed E-state index contributed by atoms with van der Waals surface area (Å²) in [7, 11) is 0. The van der Waals surface area contributed by atoms with Gasteiger partial charge in [0.2, 0.25) is 0 Å². The van der Waals surface area contributed by atoms with Crippen molar-refractivity contribution in [2.75, 3.05) is 6.54 Å². The summed E-state index contributed by atoms with van der Waals surface area (Å²) >= 11 is 0. The second-order valence-electron chi connectivity index (χ2n) is 4.82. The van der Waals surface area contributed by atoms with Crippen LogP contribution in [0.4, 0.5) is 0 Å². The van der Waals surface area contributed by atoms with Crippen LogP contribution < -0.4 is 0 Å². The molecular weight excluding hydrogens is 194 g/mol. The summed E-state index contributed by atoms with van der Waals surface area (Å²) in [6, 6.07) is -0.0394. The Hall–Kier alpha value is -0.420. The summed E-state index contributed by atoms with van der Waals surface area (Å²) < 4.78 is 0. The van der Waals surface area contributed by atoms with Gasteiger partial charge >= 0.3 is 0 Å². The van der Waals surface area contributed by atoms with E-state index in [1.54, 1.807) is 6.08 Å². The highest BCUT2D eigenvalue weighted by molar-refractivity contribution is 5.16. The molecule has 0 unspecified atom stereocenters. The van der Waals surface area contributed by atoms with E-state index >= 15 is 0 Å². The second kappa shape index (κ2) is 3.28. The van der Waals surface area contributed by atoms with E-state index in [0.29, 0.717) is 6.42 Å². The molecule has 0 spiro atoms. The molecule has 2 saturated heterocycles. The maximum absolute atomic E-state index is 10.5. The molecule has 2 N–H and O–H groups in total. The van der Waals surface area contributed by atoms with Crippen molar-refractivity contribution in [2.24, 2.45) is 0 Å². The Bertz CT molecular complexity index is 294. The Kier molecular flexibility index (Phi) is 2.14. The Morgan fingerprint density at radius 1 is 1.33 bits per heavy atom. The molecule has 4 atom stereocenters. The average Bonchev–Trinajstić information content (AvgIpc) is 2.24. The topological polar surface area (TPSA) is 52.9 Å². The van der Waals surface area contributed by atoms with Gasteiger partial charge in [0.15, 0.2) is 0 Å². The summed E-state index contributed by atoms with van der Waals surface area (Å²) in [5.74, 6) is 0. The molecule has 0 radical (unpaired) electrons. The normalized spacial score (nSPS) is 50.1. The van der Waals surface area contributed by atoms with Gasteiger partial charge in [0, 0.05) is 13.0 Å². The lowest BCUT2D eigenvalue weighted by Crippen LogP contribution is -2.66. The minimum atomic E-state index is -1.00. The third-order valence-corrected chi connectivity index (χ3v) is 3.85. The number of rotatable bonds is 0. The molecule has 4 nitrogen and oxygen atoms in total. The number of fused-ring (bicyclic) bond motifs is 4. The highest BCUT2D eigenvalue weighted by Gasteiger charge is 2.53. The molecule has 2 heterocycles. The number of aliphatic hydroxyl groups is 2. The molecule has 4 heteroatoms. The first kappa shape index (κ1) is 9.78. The highest BCUT2D eigenvalue weighted by Crippen LogP contribution is 2.40. The molecule has 3 rings (SSSR count). The molecule has 2 aliphatic heterocycles. The number of hydroxylamine groups is 2. The first-order valence-corrected chi connectivity index (χ1v) is 5.72. The third kappa shape index (κ3) is 1.36. The summed E-state index contributed by atoms with van der Waals surface area (Å²) in [6.07, 6.45) is 6.35. The number of nitrogens with zero attached hydrogens (tertiary/aromatic N) is 1. The molecular formula is C11H17NO3. The maximum Gasteiger partial charge on any atom is 0.115 e. The van der Waals surface area contributed by atoms with E-state index < -0.39 is 11.7 Å². The van der Waals surface area contributed by atoms with E-state index in [1.807, 2.05) is 11.1 Å². The monoisotopic (exact) mass is 211 g/mol. The predicted octanol–water partition coefficient (Wildman–Crippen LogP) is 0.207. The van der Waals surface area contributed by atoms with Gasteiger partial charge in [0.05, 0.1) is 6.04 Å². The first-order valence-electron chi connectivity index (χ1n) is 5.72. The fourth-order valence-corrected chi connectivity index (χ4v) is 3.02. The Labute approximate surface area is 89.1 Å². The lowest BCUT2D eigenvalue weighted by Gasteiger charge is -2.53. The average molecular weight is 211 g/mol. The molecule has 15 heavy (non-hydrogen) atoms. The SMILES string of the molecule is O[C@H]1C=C[C@H]2C[C@]1(O)[C@H]1CCCCN1O2. The fourth-order valence-electron chi connectivity index (χ4n) is 3.02. The first-order chi connectivity index (χ1) is 7.20. The van der Waals surface area contributed by atoms with Crippen LogP contribution in [0.15, 0.2) is 12.2 Å². The third-order valence-electron chi connectivity index (χ3n) is 3.85. The number of hydrogen-bond acceptors (Lipinski definition) is 4. The molecule has 0 aromatic carbocycles. The van der Waals surface area contributed by atoms with Crippen LogP contribution in [0.25, 0.3) is 0 Å². The van der Waals surface area contributed by atoms with Gasteiger partial charge in [-0.25, -0.2) is 0 Å². The van der Waals surface area contributed by atoms with Gasteiger partial charge in [-0.05, 0) is 12.8 Å². The molecule has 0 saturated carbocycles. The number of piperidine rings is 1. The quantitative estimate of drug-likeness (QED) is 0.562. The Morgan fingerprint density at radius 2 is 2.20 bits per heavy atom. The van der Waals surface area contributed by atoms with E-state index in [9.17, 15) is 10.2 Å². The van der Waals surface area contributed by atoms with Crippen LogP contribution in [-0.4, -0.2) is 45.7 Å². The van der Waals surface area contributed by atoms with Crippen molar-refractivity contribution < 1.29 is 15.1 Å². The molecule has 0 aromatic heterocycles. The van der Waals surface area contributed by atoms with Gasteiger partial charge in [0.25, 0.3) is 0 Å². The van der Waals surface area contributed by atoms with E-state index in [4.69, 9.17) is 4.84 Å². The van der Waals surface area contributed by atoms with Gasteiger partial charge < -0.3 is 10.2 Å². The summed E-state index contributed by atoms with van der Waals surface area (Å²) in [5.41, 5.74) is -1.00. The zero-order chi connectivity index (χ0) is 10.5. The summed E-state index contributed by atoms with van der Waals surface area (Å²) in [4.78, 5) is 5.75. The van der Waals surface area contributed by atoms with Crippen LogP contribution in [0.3, 0.4) is 0 Å². The van der Waals surface area contributed by atoms with Gasteiger partial charge in [-0.1, -0.05) is 18.6 Å². The van der Waals surface area contributed by atoms with Gasteiger partial charge in [-0.15, -0.1) is 0 Å². The smallest absolute Gasteiger partial charge is 0.115 e. The second-order valence-corrected chi connectivity index (χ2v) is 4.82. The summed E-state index contributed by atoms with van der Waals surface area (Å²) in [6.45, 7) is 0.865. The van der Waals surface area contributed by atoms with Crippen LogP contribution in [0.1, 0.15) is 25.7 Å². The molecule has 0 aromatic rings. The maximum atomic E-state index is 10.5. The lowest BCUT2D eigenvalue weighted by molar-refractivity contribution is -0.314. The molecule has 2 fully saturated rings. The summed E-state index contributed by atoms with van der Waals surface area (Å²) in [5, 5.41) is 22.3. The zero-order valence-electron chi connectivity index (χ0n) is 8.67. The van der Waals surface area contributed by atoms with E-state index in [1.165, 1.54) is 0 Å². The zero-order valence-corrected chi connectivity index (χ0v) is 8.67. The van der Waals surface area contributed by atoms with Crippen molar-refractivity contribution in [1.29, 1.82) is 0 Å².